The van der Waals surface area contributed by atoms with Gasteiger partial charge in [-0.15, -0.1) is 0 Å². The van der Waals surface area contributed by atoms with Gasteiger partial charge in [0.2, 0.25) is 0 Å². The molecular formula is C6H12ClNO2. The molecule has 2 N–H and O–H groups in total. The Labute approximate surface area is 65.7 Å². The van der Waals surface area contributed by atoms with Gasteiger partial charge in [-0.25, -0.2) is 4.79 Å². The van der Waals surface area contributed by atoms with Crippen LogP contribution in [0, 0.1) is 5.92 Å². The molecule has 10 heavy (non-hydrogen) atoms. The van der Waals surface area contributed by atoms with E-state index in [1.54, 1.807) is 0 Å². The van der Waals surface area contributed by atoms with Gasteiger partial charge in [0, 0.05) is 0 Å². The number of hydrogen-bond acceptors (Lipinski definition) is 3. The zero-order valence-electron chi connectivity index (χ0n) is 6.13. The van der Waals surface area contributed by atoms with Crippen molar-refractivity contribution in [2.24, 2.45) is 11.7 Å². The van der Waals surface area contributed by atoms with Crippen LogP contribution in [0.25, 0.3) is 0 Å². The van der Waals surface area contributed by atoms with Crippen molar-refractivity contribution in [3.63, 3.8) is 0 Å². The third kappa shape index (κ3) is 2.54. The molecule has 0 aromatic heterocycles. The van der Waals surface area contributed by atoms with E-state index >= 15 is 0 Å². The van der Waals surface area contributed by atoms with Crippen LogP contribution in [0.2, 0.25) is 0 Å². The molecule has 0 aliphatic heterocycles. The maximum Gasteiger partial charge on any atom is 0.341 e. The first-order chi connectivity index (χ1) is 4.63. The maximum absolute atomic E-state index is 10.6. The van der Waals surface area contributed by atoms with Gasteiger partial charge in [-0.3, -0.25) is 0 Å². The van der Waals surface area contributed by atoms with Crippen LogP contribution in [0.15, 0.2) is 0 Å². The molecule has 0 saturated heterocycles. The Morgan fingerprint density at radius 1 is 1.80 bits per heavy atom. The molecule has 0 unspecified atom stereocenters. The first-order valence-corrected chi connectivity index (χ1v) is 3.52. The highest BCUT2D eigenvalue weighted by Gasteiger charge is 2.20. The van der Waals surface area contributed by atoms with Crippen molar-refractivity contribution in [1.82, 2.24) is 0 Å². The van der Waals surface area contributed by atoms with E-state index < -0.39 is 12.0 Å². The summed E-state index contributed by atoms with van der Waals surface area (Å²) in [4.78, 5) is 10.6. The Kier molecular flexibility index (Phi) is 4.40. The third-order valence-corrected chi connectivity index (χ3v) is 1.76. The molecule has 3 nitrogen and oxygen atoms in total. The Balaban J connectivity index is 3.81. The Morgan fingerprint density at radius 2 is 2.30 bits per heavy atom. The second kappa shape index (κ2) is 4.52. The average Bonchev–Trinajstić information content (AvgIpc) is 2.00. The lowest BCUT2D eigenvalue weighted by atomic mass is 10.0. The van der Waals surface area contributed by atoms with E-state index in [1.165, 1.54) is 0 Å². The second-order valence-corrected chi connectivity index (χ2v) is 2.46. The normalized spacial score (nSPS) is 16.0. The lowest BCUT2D eigenvalue weighted by Gasteiger charge is -2.13. The number of carbonyl (C=O) groups is 1. The van der Waals surface area contributed by atoms with Crippen molar-refractivity contribution in [3.8, 4) is 0 Å². The first kappa shape index (κ1) is 9.72. The minimum atomic E-state index is -0.595. The Hall–Kier alpha value is -0.280. The fraction of sp³-hybridized carbons (Fsp3) is 0.833. The molecule has 0 saturated carbocycles. The average molecular weight is 166 g/mol. The van der Waals surface area contributed by atoms with Crippen molar-refractivity contribution >= 4 is 17.8 Å². The van der Waals surface area contributed by atoms with Crippen LogP contribution >= 0.6 is 11.9 Å². The number of hydrogen-bond donors (Lipinski definition) is 1. The quantitative estimate of drug-likeness (QED) is 0.681. The molecule has 2 atom stereocenters. The van der Waals surface area contributed by atoms with E-state index in [4.69, 9.17) is 17.6 Å². The summed E-state index contributed by atoms with van der Waals surface area (Å²) in [5, 5.41) is 0. The first-order valence-electron chi connectivity index (χ1n) is 3.21. The molecule has 0 fully saturated rings. The van der Waals surface area contributed by atoms with Gasteiger partial charge in [0.25, 0.3) is 0 Å². The van der Waals surface area contributed by atoms with Gasteiger partial charge in [0.15, 0.2) is 0 Å². The summed E-state index contributed by atoms with van der Waals surface area (Å²) in [6.45, 7) is 3.82. The van der Waals surface area contributed by atoms with Crippen molar-refractivity contribution in [1.29, 1.82) is 0 Å². The zero-order valence-corrected chi connectivity index (χ0v) is 6.89. The molecule has 0 aliphatic carbocycles. The number of carbonyl (C=O) groups excluding carboxylic acids is 1. The molecule has 0 aliphatic rings. The maximum atomic E-state index is 10.6. The van der Waals surface area contributed by atoms with Crippen molar-refractivity contribution in [2.45, 2.75) is 26.3 Å². The molecule has 0 amide bonds. The summed E-state index contributed by atoms with van der Waals surface area (Å²) in [6, 6.07) is -0.595. The topological polar surface area (TPSA) is 52.3 Å². The molecule has 0 heterocycles. The Bertz CT molecular complexity index is 118. The molecule has 0 aromatic rings. The van der Waals surface area contributed by atoms with Crippen LogP contribution < -0.4 is 5.73 Å². The van der Waals surface area contributed by atoms with Crippen LogP contribution in [0.1, 0.15) is 20.3 Å². The lowest BCUT2D eigenvalue weighted by Crippen LogP contribution is -2.36. The van der Waals surface area contributed by atoms with E-state index in [0.717, 1.165) is 6.42 Å². The molecule has 0 rings (SSSR count). The van der Waals surface area contributed by atoms with E-state index in [1.807, 2.05) is 13.8 Å². The van der Waals surface area contributed by atoms with Crippen LogP contribution in [0.3, 0.4) is 0 Å². The van der Waals surface area contributed by atoms with E-state index in [2.05, 4.69) is 4.29 Å². The predicted molar refractivity (Wildman–Crippen MR) is 39.4 cm³/mol. The molecular weight excluding hydrogens is 154 g/mol. The molecule has 60 valence electrons. The van der Waals surface area contributed by atoms with Crippen molar-refractivity contribution in [2.75, 3.05) is 0 Å². The van der Waals surface area contributed by atoms with Crippen LogP contribution in [-0.2, 0) is 9.08 Å². The number of rotatable bonds is 3. The Morgan fingerprint density at radius 3 is 2.60 bits per heavy atom. The largest absolute Gasteiger partial charge is 0.346 e. The summed E-state index contributed by atoms with van der Waals surface area (Å²) in [5.74, 6) is -0.442. The van der Waals surface area contributed by atoms with Gasteiger partial charge >= 0.3 is 5.97 Å². The summed E-state index contributed by atoms with van der Waals surface area (Å²) in [7, 11) is 0. The minimum absolute atomic E-state index is 0.117. The minimum Gasteiger partial charge on any atom is -0.346 e. The van der Waals surface area contributed by atoms with Crippen LogP contribution in [0.5, 0.6) is 0 Å². The summed E-state index contributed by atoms with van der Waals surface area (Å²) >= 11 is 4.82. The van der Waals surface area contributed by atoms with E-state index in [-0.39, 0.29) is 5.92 Å². The van der Waals surface area contributed by atoms with Gasteiger partial charge in [0.05, 0.1) is 0 Å². The summed E-state index contributed by atoms with van der Waals surface area (Å²) in [5.41, 5.74) is 5.42. The van der Waals surface area contributed by atoms with Crippen LogP contribution in [-0.4, -0.2) is 12.0 Å². The summed E-state index contributed by atoms with van der Waals surface area (Å²) in [6.07, 6.45) is 0.840. The van der Waals surface area contributed by atoms with Crippen molar-refractivity contribution in [3.05, 3.63) is 0 Å². The van der Waals surface area contributed by atoms with Crippen molar-refractivity contribution < 1.29 is 9.08 Å². The molecule has 4 heteroatoms. The van der Waals surface area contributed by atoms with E-state index in [9.17, 15) is 4.79 Å². The van der Waals surface area contributed by atoms with Gasteiger partial charge < -0.3 is 10.0 Å². The predicted octanol–water partition coefficient (Wildman–Crippen LogP) is 1.06. The van der Waals surface area contributed by atoms with Gasteiger partial charge in [-0.2, -0.15) is 0 Å². The summed E-state index contributed by atoms with van der Waals surface area (Å²) < 4.78 is 3.94. The highest BCUT2D eigenvalue weighted by Crippen LogP contribution is 2.06. The standard InChI is InChI=1S/C6H12ClNO2/c1-3-4(2)5(8)6(9)10-7/h4-5H,3,8H2,1-2H3/t4-,5-/m0/s1. The van der Waals surface area contributed by atoms with Gasteiger partial charge in [0.1, 0.15) is 17.9 Å². The second-order valence-electron chi connectivity index (χ2n) is 2.31. The monoisotopic (exact) mass is 165 g/mol. The molecule has 0 bridgehead atoms. The number of halogens is 1. The highest BCUT2D eigenvalue weighted by atomic mass is 35.5. The van der Waals surface area contributed by atoms with Gasteiger partial charge in [-0.1, -0.05) is 20.3 Å². The number of nitrogens with two attached hydrogens (primary N) is 1. The smallest absolute Gasteiger partial charge is 0.341 e. The molecule has 0 radical (unpaired) electrons. The lowest BCUT2D eigenvalue weighted by molar-refractivity contribution is -0.136. The van der Waals surface area contributed by atoms with E-state index in [0.29, 0.717) is 0 Å². The molecule has 0 spiro atoms. The zero-order chi connectivity index (χ0) is 8.15. The van der Waals surface area contributed by atoms with Gasteiger partial charge in [-0.05, 0) is 5.92 Å². The fourth-order valence-electron chi connectivity index (χ4n) is 0.538. The van der Waals surface area contributed by atoms with Crippen LogP contribution in [0.4, 0.5) is 0 Å². The third-order valence-electron chi connectivity index (χ3n) is 1.61. The SMILES string of the molecule is CC[C@H](C)[C@H](N)C(=O)OCl. The molecule has 0 aromatic carbocycles. The fourth-order valence-corrected chi connectivity index (χ4v) is 0.641. The highest BCUT2D eigenvalue weighted by molar-refractivity contribution is 6.13.